The smallest absolute Gasteiger partial charge is 0.136 e. The van der Waals surface area contributed by atoms with Gasteiger partial charge in [0.1, 0.15) is 23.3 Å². The van der Waals surface area contributed by atoms with Crippen LogP contribution in [0.3, 0.4) is 0 Å². The van der Waals surface area contributed by atoms with E-state index in [4.69, 9.17) is 0 Å². The van der Waals surface area contributed by atoms with Gasteiger partial charge in [-0.2, -0.15) is 0 Å². The lowest BCUT2D eigenvalue weighted by molar-refractivity contribution is 0.546. The highest BCUT2D eigenvalue weighted by molar-refractivity contribution is 5.68. The van der Waals surface area contributed by atoms with E-state index in [-0.39, 0.29) is 11.6 Å². The molecule has 112 valence electrons. The summed E-state index contributed by atoms with van der Waals surface area (Å²) in [7, 11) is 0. The van der Waals surface area contributed by atoms with Gasteiger partial charge >= 0.3 is 0 Å². The summed E-state index contributed by atoms with van der Waals surface area (Å²) in [5, 5.41) is 3.10. The van der Waals surface area contributed by atoms with E-state index in [9.17, 15) is 17.6 Å². The van der Waals surface area contributed by atoms with Gasteiger partial charge < -0.3 is 5.32 Å². The second kappa shape index (κ2) is 6.26. The Balaban J connectivity index is 2.54. The Labute approximate surface area is 120 Å². The molecule has 0 aliphatic heterocycles. The zero-order valence-corrected chi connectivity index (χ0v) is 11.7. The van der Waals surface area contributed by atoms with Crippen molar-refractivity contribution in [3.8, 4) is 11.1 Å². The first-order valence-electron chi connectivity index (χ1n) is 6.55. The van der Waals surface area contributed by atoms with Crippen LogP contribution in [-0.2, 0) is 6.54 Å². The summed E-state index contributed by atoms with van der Waals surface area (Å²) in [4.78, 5) is 0. The molecule has 0 unspecified atom stereocenters. The fourth-order valence-electron chi connectivity index (χ4n) is 2.05. The molecular weight excluding hydrogens is 282 g/mol. The van der Waals surface area contributed by atoms with Crippen LogP contribution in [0.25, 0.3) is 11.1 Å². The molecule has 0 aliphatic carbocycles. The lowest BCUT2D eigenvalue weighted by atomic mass is 9.98. The highest BCUT2D eigenvalue weighted by atomic mass is 19.1. The highest BCUT2D eigenvalue weighted by Gasteiger charge is 2.17. The third-order valence-corrected chi connectivity index (χ3v) is 3.05. The lowest BCUT2D eigenvalue weighted by Gasteiger charge is -2.14. The van der Waals surface area contributed by atoms with E-state index < -0.39 is 28.8 Å². The van der Waals surface area contributed by atoms with E-state index in [0.29, 0.717) is 24.2 Å². The number of nitrogens with one attached hydrogen (secondary N) is 1. The molecule has 1 N–H and O–H groups in total. The largest absolute Gasteiger partial charge is 0.310 e. The molecule has 0 saturated carbocycles. The highest BCUT2D eigenvalue weighted by Crippen LogP contribution is 2.30. The molecular formula is C16H15F4N. The van der Waals surface area contributed by atoms with Crippen LogP contribution in [0, 0.1) is 23.3 Å². The van der Waals surface area contributed by atoms with Crippen LogP contribution in [-0.4, -0.2) is 6.04 Å². The van der Waals surface area contributed by atoms with Crippen molar-refractivity contribution in [1.82, 2.24) is 5.32 Å². The van der Waals surface area contributed by atoms with Gasteiger partial charge in [-0.05, 0) is 23.3 Å². The average Bonchev–Trinajstić information content (AvgIpc) is 2.36. The maximum atomic E-state index is 13.9. The van der Waals surface area contributed by atoms with Gasteiger partial charge in [0, 0.05) is 24.7 Å². The van der Waals surface area contributed by atoms with Crippen LogP contribution in [0.4, 0.5) is 17.6 Å². The van der Waals surface area contributed by atoms with Crippen molar-refractivity contribution in [2.75, 3.05) is 0 Å². The average molecular weight is 297 g/mol. The van der Waals surface area contributed by atoms with Crippen LogP contribution >= 0.6 is 0 Å². The second-order valence-corrected chi connectivity index (χ2v) is 5.08. The molecule has 5 heteroatoms. The third-order valence-electron chi connectivity index (χ3n) is 3.05. The zero-order valence-electron chi connectivity index (χ0n) is 11.7. The first kappa shape index (κ1) is 15.5. The van der Waals surface area contributed by atoms with Crippen LogP contribution in [0.1, 0.15) is 19.4 Å². The van der Waals surface area contributed by atoms with Crippen molar-refractivity contribution >= 4 is 0 Å². The Morgan fingerprint density at radius 1 is 0.905 bits per heavy atom. The molecule has 0 atom stereocenters. The predicted molar refractivity (Wildman–Crippen MR) is 73.7 cm³/mol. The van der Waals surface area contributed by atoms with Gasteiger partial charge in [0.2, 0.25) is 0 Å². The Kier molecular flexibility index (Phi) is 4.63. The minimum atomic E-state index is -1.05. The molecule has 0 spiro atoms. The molecule has 0 bridgehead atoms. The normalized spacial score (nSPS) is 11.2. The van der Waals surface area contributed by atoms with E-state index in [1.807, 2.05) is 13.8 Å². The van der Waals surface area contributed by atoms with Gasteiger partial charge in [0.25, 0.3) is 0 Å². The van der Waals surface area contributed by atoms with E-state index in [0.717, 1.165) is 6.07 Å². The van der Waals surface area contributed by atoms with E-state index in [1.165, 1.54) is 12.1 Å². The maximum Gasteiger partial charge on any atom is 0.136 e. The molecule has 0 saturated heterocycles. The summed E-state index contributed by atoms with van der Waals surface area (Å²) in [6, 6.07) is 5.07. The number of rotatable bonds is 4. The van der Waals surface area contributed by atoms with Crippen molar-refractivity contribution in [2.24, 2.45) is 0 Å². The molecule has 0 heterocycles. The Hall–Kier alpha value is -1.88. The van der Waals surface area contributed by atoms with Crippen LogP contribution in [0.5, 0.6) is 0 Å². The minimum absolute atomic E-state index is 0.0816. The third kappa shape index (κ3) is 3.61. The minimum Gasteiger partial charge on any atom is -0.310 e. The van der Waals surface area contributed by atoms with Gasteiger partial charge in [-0.1, -0.05) is 19.9 Å². The molecule has 1 nitrogen and oxygen atoms in total. The summed E-state index contributed by atoms with van der Waals surface area (Å²) < 4.78 is 54.2. The summed E-state index contributed by atoms with van der Waals surface area (Å²) in [5.74, 6) is -3.72. The quantitative estimate of drug-likeness (QED) is 0.824. The van der Waals surface area contributed by atoms with E-state index in [2.05, 4.69) is 5.32 Å². The molecule has 0 fully saturated rings. The van der Waals surface area contributed by atoms with Gasteiger partial charge in [-0.25, -0.2) is 17.6 Å². The van der Waals surface area contributed by atoms with Crippen LogP contribution in [0.15, 0.2) is 30.3 Å². The van der Waals surface area contributed by atoms with Gasteiger partial charge in [-0.3, -0.25) is 0 Å². The number of hydrogen-bond donors (Lipinski definition) is 1. The lowest BCUT2D eigenvalue weighted by Crippen LogP contribution is -2.22. The second-order valence-electron chi connectivity index (χ2n) is 5.08. The Bertz CT molecular complexity index is 630. The zero-order chi connectivity index (χ0) is 15.6. The van der Waals surface area contributed by atoms with E-state index in [1.54, 1.807) is 0 Å². The summed E-state index contributed by atoms with van der Waals surface area (Å²) in [6.07, 6.45) is 0. The maximum absolute atomic E-state index is 13.9. The molecule has 0 aromatic heterocycles. The number of halogens is 4. The fourth-order valence-corrected chi connectivity index (χ4v) is 2.05. The Morgan fingerprint density at radius 2 is 1.52 bits per heavy atom. The van der Waals surface area contributed by atoms with Crippen molar-refractivity contribution in [1.29, 1.82) is 0 Å². The summed E-state index contributed by atoms with van der Waals surface area (Å²) in [6.45, 7) is 4.16. The van der Waals surface area contributed by atoms with Crippen LogP contribution < -0.4 is 5.32 Å². The van der Waals surface area contributed by atoms with E-state index >= 15 is 0 Å². The topological polar surface area (TPSA) is 12.0 Å². The fraction of sp³-hybridized carbons (Fsp3) is 0.250. The predicted octanol–water partition coefficient (Wildman–Crippen LogP) is 4.41. The molecule has 0 aliphatic rings. The molecule has 2 aromatic rings. The molecule has 2 aromatic carbocycles. The standard InChI is InChI=1S/C16H15F4N/c1-9(2)21-8-10-3-4-11(17)5-13(10)16-14(19)6-12(18)7-15(16)20/h3-7,9,21H,8H2,1-2H3. The van der Waals surface area contributed by atoms with Gasteiger partial charge in [-0.15, -0.1) is 0 Å². The molecule has 0 amide bonds. The molecule has 21 heavy (non-hydrogen) atoms. The molecule has 2 rings (SSSR count). The van der Waals surface area contributed by atoms with Gasteiger partial charge in [0.15, 0.2) is 0 Å². The van der Waals surface area contributed by atoms with Crippen molar-refractivity contribution in [3.63, 3.8) is 0 Å². The Morgan fingerprint density at radius 3 is 2.10 bits per heavy atom. The first-order valence-corrected chi connectivity index (χ1v) is 6.55. The number of hydrogen-bond acceptors (Lipinski definition) is 1. The van der Waals surface area contributed by atoms with Crippen molar-refractivity contribution in [3.05, 3.63) is 59.2 Å². The van der Waals surface area contributed by atoms with Gasteiger partial charge in [0.05, 0.1) is 5.56 Å². The monoisotopic (exact) mass is 297 g/mol. The SMILES string of the molecule is CC(C)NCc1ccc(F)cc1-c1c(F)cc(F)cc1F. The first-order chi connectivity index (χ1) is 9.88. The van der Waals surface area contributed by atoms with Crippen molar-refractivity contribution in [2.45, 2.75) is 26.4 Å². The number of benzene rings is 2. The van der Waals surface area contributed by atoms with Crippen LogP contribution in [0.2, 0.25) is 0 Å². The summed E-state index contributed by atoms with van der Waals surface area (Å²) >= 11 is 0. The summed E-state index contributed by atoms with van der Waals surface area (Å²) in [5.41, 5.74) is 0.198. The molecule has 0 radical (unpaired) electrons. The van der Waals surface area contributed by atoms with Crippen molar-refractivity contribution < 1.29 is 17.6 Å².